The van der Waals surface area contributed by atoms with E-state index in [1.807, 2.05) is 18.4 Å². The zero-order valence-electron chi connectivity index (χ0n) is 23.6. The molecular formula is C29H37F2N5O4. The summed E-state index contributed by atoms with van der Waals surface area (Å²) in [5, 5.41) is 13.5. The Morgan fingerprint density at radius 1 is 1.12 bits per heavy atom. The van der Waals surface area contributed by atoms with Crippen LogP contribution in [0.2, 0.25) is 0 Å². The number of fused-ring (bicyclic) bond motifs is 1. The van der Waals surface area contributed by atoms with Crippen molar-refractivity contribution in [1.82, 2.24) is 19.4 Å². The molecule has 40 heavy (non-hydrogen) atoms. The first kappa shape index (κ1) is 28.5. The number of aromatic nitrogens is 3. The number of nitrogens with zero attached hydrogens (tertiary/aromatic N) is 4. The predicted molar refractivity (Wildman–Crippen MR) is 148 cm³/mol. The number of pyridine rings is 1. The Kier molecular flexibility index (Phi) is 8.19. The minimum atomic E-state index is -0.793. The molecule has 0 amide bonds. The van der Waals surface area contributed by atoms with Gasteiger partial charge in [-0.25, -0.2) is 18.7 Å². The molecule has 2 aliphatic rings. The Labute approximate surface area is 232 Å². The van der Waals surface area contributed by atoms with E-state index in [9.17, 15) is 9.90 Å². The van der Waals surface area contributed by atoms with Gasteiger partial charge in [0.2, 0.25) is 5.95 Å². The number of hydrogen-bond acceptors (Lipinski definition) is 8. The molecule has 2 saturated heterocycles. The van der Waals surface area contributed by atoms with Crippen molar-refractivity contribution < 1.29 is 23.4 Å². The van der Waals surface area contributed by atoms with Gasteiger partial charge in [0.25, 0.3) is 0 Å². The molecule has 0 bridgehead atoms. The van der Waals surface area contributed by atoms with Crippen LogP contribution in [0.4, 0.5) is 14.7 Å². The van der Waals surface area contributed by atoms with Gasteiger partial charge in [-0.15, -0.1) is 0 Å². The zero-order chi connectivity index (χ0) is 28.7. The van der Waals surface area contributed by atoms with E-state index >= 15 is 8.78 Å². The van der Waals surface area contributed by atoms with Crippen LogP contribution in [0.25, 0.3) is 22.2 Å². The summed E-state index contributed by atoms with van der Waals surface area (Å²) in [5.41, 5.74) is 1.37. The number of halogens is 2. The lowest BCUT2D eigenvalue weighted by molar-refractivity contribution is -0.0420. The van der Waals surface area contributed by atoms with Crippen LogP contribution in [0, 0.1) is 18.6 Å². The molecule has 0 saturated carbocycles. The quantitative estimate of drug-likeness (QED) is 0.472. The highest BCUT2D eigenvalue weighted by atomic mass is 19.1. The average molecular weight is 558 g/mol. The van der Waals surface area contributed by atoms with Crippen molar-refractivity contribution in [2.24, 2.45) is 0 Å². The second-order valence-electron chi connectivity index (χ2n) is 11.2. The number of benzene rings is 1. The Morgan fingerprint density at radius 3 is 2.52 bits per heavy atom. The van der Waals surface area contributed by atoms with E-state index in [-0.39, 0.29) is 58.8 Å². The van der Waals surface area contributed by atoms with Crippen LogP contribution in [0.5, 0.6) is 0 Å². The molecule has 9 nitrogen and oxygen atoms in total. The van der Waals surface area contributed by atoms with Gasteiger partial charge < -0.3 is 24.5 Å². The van der Waals surface area contributed by atoms with E-state index in [0.717, 1.165) is 11.9 Å². The van der Waals surface area contributed by atoms with Crippen molar-refractivity contribution >= 4 is 16.9 Å². The topological polar surface area (TPSA) is 102 Å². The summed E-state index contributed by atoms with van der Waals surface area (Å²) in [4.78, 5) is 24.1. The van der Waals surface area contributed by atoms with Crippen LogP contribution < -0.4 is 10.7 Å². The number of rotatable bonds is 6. The van der Waals surface area contributed by atoms with Crippen LogP contribution in [-0.4, -0.2) is 75.2 Å². The van der Waals surface area contributed by atoms with Gasteiger partial charge in [0.05, 0.1) is 43.7 Å². The van der Waals surface area contributed by atoms with Gasteiger partial charge in [-0.3, -0.25) is 9.69 Å². The van der Waals surface area contributed by atoms with E-state index in [2.05, 4.69) is 34.0 Å². The largest absolute Gasteiger partial charge is 0.389 e. The van der Waals surface area contributed by atoms with E-state index in [0.29, 0.717) is 43.9 Å². The maximum atomic E-state index is 15.6. The molecule has 1 aromatic carbocycles. The predicted octanol–water partition coefficient (Wildman–Crippen LogP) is 3.80. The van der Waals surface area contributed by atoms with Gasteiger partial charge in [0.1, 0.15) is 11.5 Å². The molecule has 3 aromatic rings. The number of aliphatic hydroxyl groups excluding tert-OH is 1. The molecule has 0 aliphatic carbocycles. The van der Waals surface area contributed by atoms with Crippen molar-refractivity contribution in [3.8, 4) is 11.3 Å². The van der Waals surface area contributed by atoms with E-state index in [1.165, 1.54) is 12.1 Å². The zero-order valence-corrected chi connectivity index (χ0v) is 23.6. The van der Waals surface area contributed by atoms with Gasteiger partial charge in [0, 0.05) is 53.5 Å². The Bertz CT molecular complexity index is 1450. The van der Waals surface area contributed by atoms with E-state index < -0.39 is 17.7 Å². The van der Waals surface area contributed by atoms with Gasteiger partial charge in [-0.2, -0.15) is 0 Å². The van der Waals surface area contributed by atoms with E-state index in [4.69, 9.17) is 9.47 Å². The number of morpholine rings is 1. The molecule has 11 heteroatoms. The van der Waals surface area contributed by atoms with Crippen LogP contribution in [0.3, 0.4) is 0 Å². The molecule has 0 radical (unpaired) electrons. The number of anilines is 1. The van der Waals surface area contributed by atoms with Crippen LogP contribution in [0.1, 0.15) is 51.4 Å². The lowest BCUT2D eigenvalue weighted by Crippen LogP contribution is -2.49. The second kappa shape index (κ2) is 11.5. The number of ether oxygens (including phenoxy) is 2. The minimum absolute atomic E-state index is 0.0655. The molecule has 2 aromatic heterocycles. The third-order valence-electron chi connectivity index (χ3n) is 7.99. The number of hydrogen-bond donors (Lipinski definition) is 2. The molecular weight excluding hydrogens is 520 g/mol. The average Bonchev–Trinajstić information content (AvgIpc) is 2.91. The monoisotopic (exact) mass is 557 g/mol. The van der Waals surface area contributed by atoms with Gasteiger partial charge in [-0.1, -0.05) is 0 Å². The first-order valence-corrected chi connectivity index (χ1v) is 13.8. The molecule has 2 aliphatic heterocycles. The summed E-state index contributed by atoms with van der Waals surface area (Å²) in [6.45, 7) is 12.4. The van der Waals surface area contributed by atoms with Gasteiger partial charge in [-0.05, 0) is 53.2 Å². The molecule has 216 valence electrons. The lowest BCUT2D eigenvalue weighted by atomic mass is 10.0. The third-order valence-corrected chi connectivity index (χ3v) is 7.99. The summed E-state index contributed by atoms with van der Waals surface area (Å²) in [6.07, 6.45) is 0.726. The summed E-state index contributed by atoms with van der Waals surface area (Å²) in [7, 11) is 0. The first-order valence-electron chi connectivity index (χ1n) is 13.8. The molecule has 2 N–H and O–H groups in total. The van der Waals surface area contributed by atoms with Crippen LogP contribution >= 0.6 is 0 Å². The Hall–Kier alpha value is -2.99. The van der Waals surface area contributed by atoms with Crippen molar-refractivity contribution in [2.75, 3.05) is 31.7 Å². The maximum Gasteiger partial charge on any atom is 0.223 e. The molecule has 5 rings (SSSR count). The fraction of sp³-hybridized carbons (Fsp3) is 0.552. The van der Waals surface area contributed by atoms with Crippen molar-refractivity contribution in [3.05, 3.63) is 51.4 Å². The van der Waals surface area contributed by atoms with Crippen molar-refractivity contribution in [2.45, 2.75) is 77.9 Å². The highest BCUT2D eigenvalue weighted by molar-refractivity contribution is 5.85. The summed E-state index contributed by atoms with van der Waals surface area (Å²) in [5.74, 6) is -1.47. The molecule has 4 atom stereocenters. The number of nitrogens with one attached hydrogen (secondary N) is 1. The van der Waals surface area contributed by atoms with Crippen LogP contribution in [0.15, 0.2) is 23.1 Å². The van der Waals surface area contributed by atoms with Crippen molar-refractivity contribution in [1.29, 1.82) is 0 Å². The fourth-order valence-electron chi connectivity index (χ4n) is 5.77. The minimum Gasteiger partial charge on any atom is -0.389 e. The maximum absolute atomic E-state index is 15.6. The second-order valence-corrected chi connectivity index (χ2v) is 11.2. The summed E-state index contributed by atoms with van der Waals surface area (Å²) in [6, 6.07) is 2.57. The SMILES string of the molecule is Cc1c(CN2[C@H](C)COC[C@H]2C)n(C(C)C)c2cc(-c3nc(N[C@@H]4CCOC[C@H]4O)ncc3F)c(F)cc2c1=O. The normalized spacial score (nSPS) is 24.1. The van der Waals surface area contributed by atoms with E-state index in [1.54, 1.807) is 6.92 Å². The number of aliphatic hydroxyl groups is 1. The highest BCUT2D eigenvalue weighted by Gasteiger charge is 2.29. The highest BCUT2D eigenvalue weighted by Crippen LogP contribution is 2.32. The Balaban J connectivity index is 1.63. The lowest BCUT2D eigenvalue weighted by Gasteiger charge is -2.39. The summed E-state index contributed by atoms with van der Waals surface area (Å²) >= 11 is 0. The molecule has 2 fully saturated rings. The third kappa shape index (κ3) is 5.35. The van der Waals surface area contributed by atoms with Crippen LogP contribution in [-0.2, 0) is 16.0 Å². The standard InChI is InChI=1S/C29H37F2N5O4/c1-15(2)36-24-9-19(27-22(31)10-32-29(34-27)33-23-6-7-39-14-26(23)37)21(30)8-20(24)28(38)18(5)25(36)11-35-16(3)12-40-13-17(35)4/h8-10,15-17,23,26,37H,6-7,11-14H2,1-5H3,(H,32,33,34)/t16-,17-,23-,26-/m1/s1. The summed E-state index contributed by atoms with van der Waals surface area (Å²) < 4.78 is 43.7. The molecule has 0 unspecified atom stereocenters. The molecule has 4 heterocycles. The Morgan fingerprint density at radius 2 is 1.85 bits per heavy atom. The van der Waals surface area contributed by atoms with Crippen molar-refractivity contribution in [3.63, 3.8) is 0 Å². The fourth-order valence-corrected chi connectivity index (χ4v) is 5.77. The van der Waals surface area contributed by atoms with Gasteiger partial charge in [0.15, 0.2) is 11.2 Å². The smallest absolute Gasteiger partial charge is 0.223 e. The molecule has 0 spiro atoms. The van der Waals surface area contributed by atoms with Gasteiger partial charge >= 0.3 is 0 Å². The first-order chi connectivity index (χ1) is 19.1.